The predicted octanol–water partition coefficient (Wildman–Crippen LogP) is 1.87. The van der Waals surface area contributed by atoms with Crippen molar-refractivity contribution in [3.05, 3.63) is 58.3 Å². The summed E-state index contributed by atoms with van der Waals surface area (Å²) in [6, 6.07) is 12.2. The number of hydrogen-bond acceptors (Lipinski definition) is 6. The molecule has 2 aromatic rings. The Kier molecular flexibility index (Phi) is 9.80. The maximum absolute atomic E-state index is 13.4. The van der Waals surface area contributed by atoms with E-state index >= 15 is 0 Å². The molecule has 3 amide bonds. The summed E-state index contributed by atoms with van der Waals surface area (Å²) in [6.45, 7) is 1.06. The lowest BCUT2D eigenvalue weighted by Gasteiger charge is -2.40. The van der Waals surface area contributed by atoms with Gasteiger partial charge in [-0.2, -0.15) is 0 Å². The van der Waals surface area contributed by atoms with E-state index in [2.05, 4.69) is 0 Å². The molecule has 35 heavy (non-hydrogen) atoms. The van der Waals surface area contributed by atoms with E-state index in [0.29, 0.717) is 13.0 Å². The number of carboxylic acid groups (broad SMARTS) is 1. The number of ether oxygens (including phenoxy) is 1. The van der Waals surface area contributed by atoms with Crippen molar-refractivity contribution in [2.24, 2.45) is 0 Å². The van der Waals surface area contributed by atoms with E-state index in [9.17, 15) is 19.2 Å². The Hall–Kier alpha value is -3.24. The van der Waals surface area contributed by atoms with Crippen LogP contribution in [0.3, 0.4) is 0 Å². The third-order valence-electron chi connectivity index (χ3n) is 5.90. The summed E-state index contributed by atoms with van der Waals surface area (Å²) in [6.07, 6.45) is 0.176. The van der Waals surface area contributed by atoms with Crippen molar-refractivity contribution in [2.75, 3.05) is 39.9 Å². The first-order chi connectivity index (χ1) is 16.9. The summed E-state index contributed by atoms with van der Waals surface area (Å²) in [5, 5.41) is 11.1. The van der Waals surface area contributed by atoms with Crippen molar-refractivity contribution in [1.29, 1.82) is 0 Å². The van der Waals surface area contributed by atoms with Crippen molar-refractivity contribution < 1.29 is 29.0 Å². The first kappa shape index (κ1) is 26.4. The van der Waals surface area contributed by atoms with Crippen molar-refractivity contribution >= 4 is 35.0 Å². The molecule has 1 saturated heterocycles. The SMILES string of the molecule is COCCN1CC(=O)N(CCc2cccs2)C(CC(=O)N(CCC(=O)O)Cc2ccccc2)C1=O. The highest BCUT2D eigenvalue weighted by Gasteiger charge is 2.40. The maximum Gasteiger partial charge on any atom is 0.305 e. The van der Waals surface area contributed by atoms with Crippen LogP contribution in [-0.4, -0.2) is 89.4 Å². The number of benzene rings is 1. The lowest BCUT2D eigenvalue weighted by molar-refractivity contribution is -0.158. The van der Waals surface area contributed by atoms with E-state index < -0.39 is 12.0 Å². The molecule has 10 heteroatoms. The minimum Gasteiger partial charge on any atom is -0.481 e. The van der Waals surface area contributed by atoms with Gasteiger partial charge < -0.3 is 24.5 Å². The Labute approximate surface area is 208 Å². The predicted molar refractivity (Wildman–Crippen MR) is 131 cm³/mol. The van der Waals surface area contributed by atoms with Gasteiger partial charge >= 0.3 is 5.97 Å². The number of thiophene rings is 1. The molecule has 1 unspecified atom stereocenters. The van der Waals surface area contributed by atoms with Gasteiger partial charge in [-0.3, -0.25) is 19.2 Å². The molecule has 0 aliphatic carbocycles. The van der Waals surface area contributed by atoms with E-state index in [0.717, 1.165) is 10.4 Å². The Balaban J connectivity index is 1.79. The summed E-state index contributed by atoms with van der Waals surface area (Å²) < 4.78 is 5.08. The fourth-order valence-electron chi connectivity index (χ4n) is 4.02. The molecule has 9 nitrogen and oxygen atoms in total. The second kappa shape index (κ2) is 13.0. The standard InChI is InChI=1S/C25H31N3O6S/c1-34-14-13-27-18-23(30)28(12-9-20-8-5-15-35-20)21(25(27)33)16-22(29)26(11-10-24(31)32)17-19-6-3-2-4-7-19/h2-8,15,21H,9-14,16-18H2,1H3,(H,31,32). The molecule has 0 bridgehead atoms. The number of carbonyl (C=O) groups is 4. The molecular formula is C25H31N3O6S. The van der Waals surface area contributed by atoms with Gasteiger partial charge in [0, 0.05) is 38.2 Å². The zero-order valence-electron chi connectivity index (χ0n) is 19.8. The van der Waals surface area contributed by atoms with Crippen molar-refractivity contribution in [3.8, 4) is 0 Å². The van der Waals surface area contributed by atoms with Crippen LogP contribution < -0.4 is 0 Å². The van der Waals surface area contributed by atoms with Gasteiger partial charge in [0.05, 0.1) is 26.0 Å². The molecule has 1 aromatic carbocycles. The molecule has 3 rings (SSSR count). The molecule has 1 aliphatic heterocycles. The average Bonchev–Trinajstić information content (AvgIpc) is 3.36. The number of rotatable bonds is 13. The Morgan fingerprint density at radius 2 is 1.91 bits per heavy atom. The second-order valence-electron chi connectivity index (χ2n) is 8.33. The Bertz CT molecular complexity index is 998. The van der Waals surface area contributed by atoms with Gasteiger partial charge in [-0.05, 0) is 23.4 Å². The van der Waals surface area contributed by atoms with Gasteiger partial charge in [-0.25, -0.2) is 0 Å². The molecule has 1 fully saturated rings. The summed E-state index contributed by atoms with van der Waals surface area (Å²) in [7, 11) is 1.52. The van der Waals surface area contributed by atoms with Gasteiger partial charge in [0.25, 0.3) is 0 Å². The number of piperazine rings is 1. The number of carboxylic acids is 1. The number of carbonyl (C=O) groups excluding carboxylic acids is 3. The van der Waals surface area contributed by atoms with Crippen LogP contribution in [0.5, 0.6) is 0 Å². The molecule has 1 aromatic heterocycles. The average molecular weight is 502 g/mol. The lowest BCUT2D eigenvalue weighted by atomic mass is 10.0. The maximum atomic E-state index is 13.4. The highest BCUT2D eigenvalue weighted by molar-refractivity contribution is 7.09. The largest absolute Gasteiger partial charge is 0.481 e. The second-order valence-corrected chi connectivity index (χ2v) is 9.37. The van der Waals surface area contributed by atoms with Crippen molar-refractivity contribution in [2.45, 2.75) is 31.8 Å². The van der Waals surface area contributed by atoms with Gasteiger partial charge in [0.1, 0.15) is 6.04 Å². The molecule has 1 aliphatic rings. The lowest BCUT2D eigenvalue weighted by Crippen LogP contribution is -2.61. The minimum atomic E-state index is -1.01. The normalized spacial score (nSPS) is 16.0. The molecule has 0 spiro atoms. The molecule has 1 atom stereocenters. The van der Waals surface area contributed by atoms with E-state index in [1.165, 1.54) is 21.8 Å². The van der Waals surface area contributed by atoms with Crippen LogP contribution in [0, 0.1) is 0 Å². The van der Waals surface area contributed by atoms with E-state index in [4.69, 9.17) is 9.84 Å². The van der Waals surface area contributed by atoms with E-state index in [1.807, 2.05) is 47.8 Å². The monoisotopic (exact) mass is 501 g/mol. The Morgan fingerprint density at radius 1 is 1.14 bits per heavy atom. The van der Waals surface area contributed by atoms with Crippen LogP contribution in [0.2, 0.25) is 0 Å². The van der Waals surface area contributed by atoms with Crippen LogP contribution in [-0.2, 0) is 36.9 Å². The summed E-state index contributed by atoms with van der Waals surface area (Å²) in [5.74, 6) is -1.88. The van der Waals surface area contributed by atoms with Gasteiger partial charge in [-0.1, -0.05) is 36.4 Å². The van der Waals surface area contributed by atoms with Crippen LogP contribution in [0.4, 0.5) is 0 Å². The summed E-state index contributed by atoms with van der Waals surface area (Å²) >= 11 is 1.58. The highest BCUT2D eigenvalue weighted by atomic mass is 32.1. The molecule has 2 heterocycles. The molecule has 0 radical (unpaired) electrons. The smallest absolute Gasteiger partial charge is 0.305 e. The van der Waals surface area contributed by atoms with Crippen molar-refractivity contribution in [3.63, 3.8) is 0 Å². The first-order valence-electron chi connectivity index (χ1n) is 11.5. The van der Waals surface area contributed by atoms with Crippen LogP contribution >= 0.6 is 11.3 Å². The first-order valence-corrected chi connectivity index (χ1v) is 12.4. The van der Waals surface area contributed by atoms with Gasteiger partial charge in [0.15, 0.2) is 0 Å². The van der Waals surface area contributed by atoms with Gasteiger partial charge in [0.2, 0.25) is 17.7 Å². The minimum absolute atomic E-state index is 0.0144. The summed E-state index contributed by atoms with van der Waals surface area (Å²) in [5.41, 5.74) is 0.855. The number of aliphatic carboxylic acids is 1. The number of nitrogens with zero attached hydrogens (tertiary/aromatic N) is 3. The van der Waals surface area contributed by atoms with Crippen molar-refractivity contribution in [1.82, 2.24) is 14.7 Å². The molecule has 1 N–H and O–H groups in total. The van der Waals surface area contributed by atoms with Crippen LogP contribution in [0.25, 0.3) is 0 Å². The molecular weight excluding hydrogens is 470 g/mol. The van der Waals surface area contributed by atoms with Gasteiger partial charge in [-0.15, -0.1) is 11.3 Å². The fourth-order valence-corrected chi connectivity index (χ4v) is 4.72. The molecule has 0 saturated carbocycles. The summed E-state index contributed by atoms with van der Waals surface area (Å²) in [4.78, 5) is 56.4. The highest BCUT2D eigenvalue weighted by Crippen LogP contribution is 2.20. The fraction of sp³-hybridized carbons (Fsp3) is 0.440. The van der Waals surface area contributed by atoms with Crippen LogP contribution in [0.15, 0.2) is 47.8 Å². The third kappa shape index (κ3) is 7.63. The van der Waals surface area contributed by atoms with Crippen LogP contribution in [0.1, 0.15) is 23.3 Å². The van der Waals surface area contributed by atoms with E-state index in [-0.39, 0.29) is 63.3 Å². The number of amides is 3. The Morgan fingerprint density at radius 3 is 2.57 bits per heavy atom. The zero-order chi connectivity index (χ0) is 25.2. The number of hydrogen-bond donors (Lipinski definition) is 1. The quantitative estimate of drug-likeness (QED) is 0.449. The zero-order valence-corrected chi connectivity index (χ0v) is 20.6. The molecule has 188 valence electrons. The topological polar surface area (TPSA) is 107 Å². The number of methoxy groups -OCH3 is 1. The third-order valence-corrected chi connectivity index (χ3v) is 6.83. The van der Waals surface area contributed by atoms with E-state index in [1.54, 1.807) is 11.3 Å².